The van der Waals surface area contributed by atoms with Gasteiger partial charge < -0.3 is 15.0 Å². The number of aromatic nitrogens is 2. The Morgan fingerprint density at radius 2 is 1.74 bits per heavy atom. The van der Waals surface area contributed by atoms with Gasteiger partial charge in [0.25, 0.3) is 0 Å². The van der Waals surface area contributed by atoms with Gasteiger partial charge in [0.15, 0.2) is 0 Å². The summed E-state index contributed by atoms with van der Waals surface area (Å²) >= 11 is 3.50. The van der Waals surface area contributed by atoms with E-state index in [4.69, 9.17) is 4.74 Å². The van der Waals surface area contributed by atoms with E-state index in [1.165, 1.54) is 4.90 Å². The molecule has 2 heterocycles. The van der Waals surface area contributed by atoms with Crippen molar-refractivity contribution in [3.05, 3.63) is 51.8 Å². The predicted molar refractivity (Wildman–Crippen MR) is 139 cm³/mol. The van der Waals surface area contributed by atoms with E-state index in [2.05, 4.69) is 26.3 Å². The third-order valence-corrected chi connectivity index (χ3v) is 7.57. The molecule has 1 N–H and O–H groups in total. The number of carbonyl (C=O) groups excluding carboxylic acids is 3. The van der Waals surface area contributed by atoms with Crippen LogP contribution in [0.4, 0.5) is 19.4 Å². The Morgan fingerprint density at radius 3 is 2.33 bits per heavy atom. The molecular formula is C24H28BrF5N4O4S. The lowest BCUT2D eigenvalue weighted by Gasteiger charge is -2.40. The number of amides is 2. The number of ether oxygens (including phenoxy) is 1. The molecule has 15 heteroatoms. The van der Waals surface area contributed by atoms with Crippen LogP contribution >= 0.6 is 26.2 Å². The van der Waals surface area contributed by atoms with Crippen molar-refractivity contribution in [1.29, 1.82) is 0 Å². The number of hydrogen-bond acceptors (Lipinski definition) is 5. The molecule has 1 aliphatic rings. The molecule has 0 saturated carbocycles. The maximum Gasteiger partial charge on any atom is 0.310 e. The van der Waals surface area contributed by atoms with E-state index in [1.807, 2.05) is 0 Å². The van der Waals surface area contributed by atoms with Gasteiger partial charge in [0.1, 0.15) is 10.5 Å². The minimum absolute atomic E-state index is 0.0960. The Labute approximate surface area is 230 Å². The van der Waals surface area contributed by atoms with Crippen LogP contribution in [0.1, 0.15) is 44.1 Å². The normalized spacial score (nSPS) is 15.9. The number of rotatable bonds is 8. The van der Waals surface area contributed by atoms with Crippen LogP contribution in [0.5, 0.6) is 0 Å². The van der Waals surface area contributed by atoms with Gasteiger partial charge in [0, 0.05) is 19.0 Å². The van der Waals surface area contributed by atoms with E-state index in [9.17, 15) is 33.8 Å². The highest BCUT2D eigenvalue weighted by atomic mass is 79.9. The number of hydrogen-bond donors (Lipinski definition) is 1. The second-order valence-corrected chi connectivity index (χ2v) is 13.1. The molecule has 39 heavy (non-hydrogen) atoms. The van der Waals surface area contributed by atoms with Gasteiger partial charge in [0.2, 0.25) is 11.8 Å². The van der Waals surface area contributed by atoms with Gasteiger partial charge in [0.05, 0.1) is 41.9 Å². The summed E-state index contributed by atoms with van der Waals surface area (Å²) in [6.07, 6.45) is 2.63. The Bertz CT molecular complexity index is 1310. The molecule has 216 valence electrons. The number of esters is 1. The van der Waals surface area contributed by atoms with Crippen molar-refractivity contribution in [2.75, 3.05) is 13.1 Å². The second kappa shape index (κ2) is 10.2. The standard InChI is InChI=1S/C24H28BrF5N4O4S/c1-24(2,3)38-22(37)11-9-18-23(25)19-15-33(12-13-34(19)32-18)21(36)14-31-20(35)10-6-16-4-7-17(8-5-16)39(26,27,28,29)30/h4-8,10H,9,11-15H2,1-3H3,(H,31,35)/b10-6+. The number of carbonyl (C=O) groups is 3. The highest BCUT2D eigenvalue weighted by molar-refractivity contribution is 9.10. The van der Waals surface area contributed by atoms with Crippen molar-refractivity contribution in [1.82, 2.24) is 20.0 Å². The molecule has 0 bridgehead atoms. The lowest BCUT2D eigenvalue weighted by atomic mass is 10.2. The van der Waals surface area contributed by atoms with Crippen molar-refractivity contribution in [3.63, 3.8) is 0 Å². The van der Waals surface area contributed by atoms with Crippen LogP contribution in [0, 0.1) is 0 Å². The summed E-state index contributed by atoms with van der Waals surface area (Å²) in [6, 6.07) is 2.15. The molecule has 0 spiro atoms. The number of nitrogens with zero attached hydrogens (tertiary/aromatic N) is 3. The summed E-state index contributed by atoms with van der Waals surface area (Å²) in [6.45, 7) is 6.00. The Hall–Kier alpha value is -2.94. The molecule has 0 atom stereocenters. The van der Waals surface area contributed by atoms with Crippen molar-refractivity contribution in [2.45, 2.75) is 57.2 Å². The molecule has 0 fully saturated rings. The molecule has 1 aliphatic heterocycles. The first kappa shape index (κ1) is 30.6. The van der Waals surface area contributed by atoms with E-state index in [0.29, 0.717) is 29.7 Å². The minimum Gasteiger partial charge on any atom is -0.460 e. The SMILES string of the molecule is CC(C)(C)OC(=O)CCc1nn2c(c1Br)CN(C(=O)CNC(=O)/C=C/c1ccc(S(F)(F)(F)(F)F)cc1)CC2. The summed E-state index contributed by atoms with van der Waals surface area (Å²) in [4.78, 5) is 36.3. The van der Waals surface area contributed by atoms with Crippen molar-refractivity contribution < 1.29 is 38.5 Å². The number of benzene rings is 1. The predicted octanol–water partition coefficient (Wildman–Crippen LogP) is 5.75. The van der Waals surface area contributed by atoms with Gasteiger partial charge in [-0.3, -0.25) is 19.1 Å². The second-order valence-electron chi connectivity index (χ2n) is 9.92. The highest BCUT2D eigenvalue weighted by Crippen LogP contribution is 3.02. The summed E-state index contributed by atoms with van der Waals surface area (Å²) < 4.78 is 71.7. The Morgan fingerprint density at radius 1 is 1.10 bits per heavy atom. The minimum atomic E-state index is -9.77. The first-order valence-electron chi connectivity index (χ1n) is 11.8. The molecular weight excluding hydrogens is 615 g/mol. The van der Waals surface area contributed by atoms with Crippen LogP contribution in [0.2, 0.25) is 0 Å². The van der Waals surface area contributed by atoms with Crippen LogP contribution in [0.15, 0.2) is 39.7 Å². The fourth-order valence-electron chi connectivity index (χ4n) is 3.67. The average Bonchev–Trinajstić information content (AvgIpc) is 3.12. The lowest BCUT2D eigenvalue weighted by Crippen LogP contribution is -2.43. The van der Waals surface area contributed by atoms with E-state index in [-0.39, 0.29) is 49.1 Å². The molecule has 3 rings (SSSR count). The van der Waals surface area contributed by atoms with Gasteiger partial charge in [-0.15, -0.1) is 0 Å². The summed E-state index contributed by atoms with van der Waals surface area (Å²) in [7, 11) is -9.77. The van der Waals surface area contributed by atoms with Gasteiger partial charge in [-0.05, 0) is 60.5 Å². The first-order valence-corrected chi connectivity index (χ1v) is 14.5. The monoisotopic (exact) mass is 642 g/mol. The van der Waals surface area contributed by atoms with Crippen LogP contribution in [-0.2, 0) is 38.6 Å². The topological polar surface area (TPSA) is 93.5 Å². The zero-order valence-electron chi connectivity index (χ0n) is 21.4. The van der Waals surface area contributed by atoms with Crippen LogP contribution in [0.25, 0.3) is 6.08 Å². The molecule has 2 amide bonds. The molecule has 1 aromatic heterocycles. The Kier molecular flexibility index (Phi) is 8.02. The van der Waals surface area contributed by atoms with Gasteiger partial charge in [-0.1, -0.05) is 31.6 Å². The van der Waals surface area contributed by atoms with Crippen molar-refractivity contribution >= 4 is 50.0 Å². The summed E-state index contributed by atoms with van der Waals surface area (Å²) in [5.41, 5.74) is 0.920. The number of aryl methyl sites for hydroxylation is 1. The fraction of sp³-hybridized carbons (Fsp3) is 0.417. The van der Waals surface area contributed by atoms with E-state index >= 15 is 0 Å². The molecule has 0 radical (unpaired) electrons. The van der Waals surface area contributed by atoms with Crippen LogP contribution in [-0.4, -0.2) is 51.2 Å². The van der Waals surface area contributed by atoms with Crippen molar-refractivity contribution in [2.24, 2.45) is 0 Å². The zero-order chi connectivity index (χ0) is 29.3. The van der Waals surface area contributed by atoms with Gasteiger partial charge >= 0.3 is 16.2 Å². The van der Waals surface area contributed by atoms with Crippen molar-refractivity contribution in [3.8, 4) is 0 Å². The summed E-state index contributed by atoms with van der Waals surface area (Å²) in [5.74, 6) is -1.40. The maximum atomic E-state index is 12.8. The fourth-order valence-corrected chi connectivity index (χ4v) is 4.93. The third-order valence-electron chi connectivity index (χ3n) is 5.49. The molecule has 8 nitrogen and oxygen atoms in total. The number of halogens is 6. The average molecular weight is 643 g/mol. The van der Waals surface area contributed by atoms with Gasteiger partial charge in [-0.2, -0.15) is 5.10 Å². The molecule has 1 aromatic carbocycles. The third kappa shape index (κ3) is 8.78. The summed E-state index contributed by atoms with van der Waals surface area (Å²) in [5, 5.41) is 6.91. The highest BCUT2D eigenvalue weighted by Gasteiger charge is 2.65. The molecule has 2 aromatic rings. The molecule has 0 saturated heterocycles. The van der Waals surface area contributed by atoms with Crippen LogP contribution < -0.4 is 5.32 Å². The van der Waals surface area contributed by atoms with E-state index < -0.39 is 26.6 Å². The number of fused-ring (bicyclic) bond motifs is 1. The first-order chi connectivity index (χ1) is 17.7. The smallest absolute Gasteiger partial charge is 0.310 e. The molecule has 0 unspecified atom stereocenters. The van der Waals surface area contributed by atoms with Crippen LogP contribution in [0.3, 0.4) is 0 Å². The zero-order valence-corrected chi connectivity index (χ0v) is 23.8. The van der Waals surface area contributed by atoms with Gasteiger partial charge in [-0.25, -0.2) is 0 Å². The van der Waals surface area contributed by atoms with E-state index in [0.717, 1.165) is 30.0 Å². The van der Waals surface area contributed by atoms with E-state index in [1.54, 1.807) is 25.5 Å². The Balaban J connectivity index is 1.52. The number of nitrogens with one attached hydrogen (secondary N) is 1. The quantitative estimate of drug-likeness (QED) is 0.225. The lowest BCUT2D eigenvalue weighted by molar-refractivity contribution is -0.154. The molecule has 0 aliphatic carbocycles. The largest absolute Gasteiger partial charge is 0.460 e. The maximum absolute atomic E-state index is 12.8.